The van der Waals surface area contributed by atoms with Gasteiger partial charge in [-0.2, -0.15) is 23.3 Å². The number of aryl methyl sites for hydroxylation is 1. The zero-order valence-electron chi connectivity index (χ0n) is 22.1. The minimum absolute atomic E-state index is 0.0294. The van der Waals surface area contributed by atoms with E-state index in [1.165, 1.54) is 4.57 Å². The SMILES string of the molecule is CC(C)n1cc(C(F)(F)F)nc1-c1ccc([C@@H](C)N2C(=O)CCn3nc(-c4c(Cl)cnn4C(C)C)nc32)cc1. The number of carbonyl (C=O) groups is 1. The largest absolute Gasteiger partial charge is 0.434 e. The summed E-state index contributed by atoms with van der Waals surface area (Å²) in [5.74, 6) is 0.903. The molecular weight excluding hydrogens is 533 g/mol. The van der Waals surface area contributed by atoms with Gasteiger partial charge in [0.15, 0.2) is 5.69 Å². The van der Waals surface area contributed by atoms with Crippen molar-refractivity contribution in [3.05, 3.63) is 52.9 Å². The highest BCUT2D eigenvalue weighted by Crippen LogP contribution is 2.36. The number of alkyl halides is 3. The molecule has 0 unspecified atom stereocenters. The Hall–Kier alpha value is -3.67. The molecule has 39 heavy (non-hydrogen) atoms. The summed E-state index contributed by atoms with van der Waals surface area (Å²) >= 11 is 6.41. The van der Waals surface area contributed by atoms with Crippen LogP contribution in [-0.2, 0) is 17.5 Å². The first-order valence-electron chi connectivity index (χ1n) is 12.6. The summed E-state index contributed by atoms with van der Waals surface area (Å²) in [6.45, 7) is 9.81. The van der Waals surface area contributed by atoms with Gasteiger partial charge in [0.25, 0.3) is 0 Å². The van der Waals surface area contributed by atoms with E-state index in [1.807, 2.05) is 20.8 Å². The molecule has 1 amide bonds. The topological polar surface area (TPSA) is 86.7 Å². The van der Waals surface area contributed by atoms with E-state index in [4.69, 9.17) is 11.6 Å². The molecule has 4 heterocycles. The van der Waals surface area contributed by atoms with Crippen LogP contribution in [0, 0.1) is 0 Å². The maximum Gasteiger partial charge on any atom is 0.434 e. The van der Waals surface area contributed by atoms with Crippen molar-refractivity contribution in [1.82, 2.24) is 34.1 Å². The molecular formula is C26H28ClF3N8O. The first kappa shape index (κ1) is 26.9. The fraction of sp³-hybridized carbons (Fsp3) is 0.423. The molecule has 0 aliphatic carbocycles. The average Bonchev–Trinajstić information content (AvgIpc) is 3.59. The minimum Gasteiger partial charge on any atom is -0.328 e. The second kappa shape index (κ2) is 9.82. The van der Waals surface area contributed by atoms with E-state index in [2.05, 4.69) is 20.2 Å². The van der Waals surface area contributed by atoms with Crippen molar-refractivity contribution in [3.8, 4) is 22.9 Å². The Morgan fingerprint density at radius 1 is 1.00 bits per heavy atom. The predicted octanol–water partition coefficient (Wildman–Crippen LogP) is 6.34. The lowest BCUT2D eigenvalue weighted by Crippen LogP contribution is -2.39. The molecule has 1 aromatic carbocycles. The van der Waals surface area contributed by atoms with E-state index in [0.29, 0.717) is 34.6 Å². The van der Waals surface area contributed by atoms with Gasteiger partial charge in [0.1, 0.15) is 11.5 Å². The molecule has 1 aliphatic heterocycles. The van der Waals surface area contributed by atoms with Gasteiger partial charge in [0.05, 0.1) is 23.8 Å². The van der Waals surface area contributed by atoms with Gasteiger partial charge in [-0.25, -0.2) is 9.67 Å². The van der Waals surface area contributed by atoms with Crippen molar-refractivity contribution < 1.29 is 18.0 Å². The van der Waals surface area contributed by atoms with E-state index in [-0.39, 0.29) is 30.2 Å². The summed E-state index contributed by atoms with van der Waals surface area (Å²) in [7, 11) is 0. The van der Waals surface area contributed by atoms with Gasteiger partial charge in [0.2, 0.25) is 17.7 Å². The van der Waals surface area contributed by atoms with Crippen molar-refractivity contribution in [3.63, 3.8) is 0 Å². The number of rotatable bonds is 6. The molecule has 0 saturated carbocycles. The van der Waals surface area contributed by atoms with E-state index in [0.717, 1.165) is 11.8 Å². The van der Waals surface area contributed by atoms with Crippen LogP contribution in [0.3, 0.4) is 0 Å². The normalized spacial score (nSPS) is 14.9. The monoisotopic (exact) mass is 560 g/mol. The molecule has 0 fully saturated rings. The fourth-order valence-electron chi connectivity index (χ4n) is 4.72. The highest BCUT2D eigenvalue weighted by molar-refractivity contribution is 6.32. The lowest BCUT2D eigenvalue weighted by Gasteiger charge is -2.31. The third-order valence-electron chi connectivity index (χ3n) is 6.74. The minimum atomic E-state index is -4.54. The number of halogens is 4. The Morgan fingerprint density at radius 3 is 2.31 bits per heavy atom. The second-order valence-corrected chi connectivity index (χ2v) is 10.5. The lowest BCUT2D eigenvalue weighted by molar-refractivity contribution is -0.140. The summed E-state index contributed by atoms with van der Waals surface area (Å²) in [5, 5.41) is 9.37. The van der Waals surface area contributed by atoms with Crippen molar-refractivity contribution in [2.75, 3.05) is 4.90 Å². The smallest absolute Gasteiger partial charge is 0.328 e. The number of nitrogens with zero attached hydrogens (tertiary/aromatic N) is 8. The molecule has 1 atom stereocenters. The van der Waals surface area contributed by atoms with Crippen LogP contribution in [-0.4, -0.2) is 40.0 Å². The molecule has 0 N–H and O–H groups in total. The van der Waals surface area contributed by atoms with E-state index >= 15 is 0 Å². The van der Waals surface area contributed by atoms with E-state index in [1.54, 1.807) is 58.6 Å². The van der Waals surface area contributed by atoms with Gasteiger partial charge in [-0.3, -0.25) is 14.4 Å². The summed E-state index contributed by atoms with van der Waals surface area (Å²) in [5.41, 5.74) is 0.977. The van der Waals surface area contributed by atoms with Crippen LogP contribution in [0.4, 0.5) is 19.1 Å². The van der Waals surface area contributed by atoms with Crippen LogP contribution in [0.1, 0.15) is 70.4 Å². The molecule has 0 bridgehead atoms. The molecule has 0 radical (unpaired) electrons. The third kappa shape index (κ3) is 4.81. The van der Waals surface area contributed by atoms with Gasteiger partial charge < -0.3 is 4.57 Å². The summed E-state index contributed by atoms with van der Waals surface area (Å²) in [6, 6.07) is 6.43. The number of benzene rings is 1. The first-order chi connectivity index (χ1) is 18.4. The van der Waals surface area contributed by atoms with Gasteiger partial charge in [0, 0.05) is 30.3 Å². The van der Waals surface area contributed by atoms with Crippen molar-refractivity contribution in [2.24, 2.45) is 0 Å². The molecule has 0 spiro atoms. The molecule has 1 aliphatic rings. The van der Waals surface area contributed by atoms with Crippen molar-refractivity contribution in [1.29, 1.82) is 0 Å². The number of anilines is 1. The molecule has 9 nitrogen and oxygen atoms in total. The van der Waals surface area contributed by atoms with E-state index in [9.17, 15) is 18.0 Å². The number of hydrogen-bond acceptors (Lipinski definition) is 5. The zero-order chi connectivity index (χ0) is 28.2. The highest BCUT2D eigenvalue weighted by Gasteiger charge is 2.36. The van der Waals surface area contributed by atoms with Crippen LogP contribution in [0.25, 0.3) is 22.9 Å². The van der Waals surface area contributed by atoms with Crippen LogP contribution >= 0.6 is 11.6 Å². The fourth-order valence-corrected chi connectivity index (χ4v) is 4.94. The standard InChI is InChI=1S/C26H28ClF3N8O/c1-14(2)35-13-20(26(28,29)30)32-24(35)18-8-6-17(7-9-18)16(5)37-21(39)10-11-36-25(37)33-23(34-36)22-19(27)12-31-38(22)15(3)4/h6-9,12-16H,10-11H2,1-5H3/t16-/m1/s1. The molecule has 0 saturated heterocycles. The maximum absolute atomic E-state index is 13.3. The average molecular weight is 561 g/mol. The third-order valence-corrected chi connectivity index (χ3v) is 7.02. The van der Waals surface area contributed by atoms with Gasteiger partial charge >= 0.3 is 6.18 Å². The lowest BCUT2D eigenvalue weighted by atomic mass is 10.0. The number of fused-ring (bicyclic) bond motifs is 1. The highest BCUT2D eigenvalue weighted by atomic mass is 35.5. The molecule has 4 aromatic rings. The summed E-state index contributed by atoms with van der Waals surface area (Å²) in [4.78, 5) is 23.2. The van der Waals surface area contributed by atoms with Crippen molar-refractivity contribution in [2.45, 2.75) is 71.9 Å². The van der Waals surface area contributed by atoms with Crippen LogP contribution in [0.5, 0.6) is 0 Å². The second-order valence-electron chi connectivity index (χ2n) is 10.1. The first-order valence-corrected chi connectivity index (χ1v) is 13.0. The predicted molar refractivity (Wildman–Crippen MR) is 140 cm³/mol. The van der Waals surface area contributed by atoms with Gasteiger partial charge in [-0.05, 0) is 40.2 Å². The van der Waals surface area contributed by atoms with Crippen LogP contribution in [0.15, 0.2) is 36.7 Å². The number of hydrogen-bond donors (Lipinski definition) is 0. The Balaban J connectivity index is 1.48. The Kier molecular flexibility index (Phi) is 6.78. The Morgan fingerprint density at radius 2 is 1.69 bits per heavy atom. The van der Waals surface area contributed by atoms with Crippen LogP contribution in [0.2, 0.25) is 5.02 Å². The number of carbonyl (C=O) groups excluding carboxylic acids is 1. The van der Waals surface area contributed by atoms with E-state index < -0.39 is 17.9 Å². The number of imidazole rings is 1. The Labute approximate surface area is 228 Å². The number of amides is 1. The van der Waals surface area contributed by atoms with Gasteiger partial charge in [-0.15, -0.1) is 5.10 Å². The summed E-state index contributed by atoms with van der Waals surface area (Å²) < 4.78 is 44.9. The van der Waals surface area contributed by atoms with Crippen LogP contribution < -0.4 is 4.90 Å². The van der Waals surface area contributed by atoms with Crippen molar-refractivity contribution >= 4 is 23.5 Å². The molecule has 3 aromatic heterocycles. The van der Waals surface area contributed by atoms with Gasteiger partial charge in [-0.1, -0.05) is 35.9 Å². The number of aromatic nitrogens is 7. The zero-order valence-corrected chi connectivity index (χ0v) is 22.9. The molecule has 13 heteroatoms. The maximum atomic E-state index is 13.3. The Bertz CT molecular complexity index is 1520. The molecule has 206 valence electrons. The molecule has 5 rings (SSSR count). The summed E-state index contributed by atoms with van der Waals surface area (Å²) in [6.07, 6.45) is -1.71. The quantitative estimate of drug-likeness (QED) is 0.275.